The van der Waals surface area contributed by atoms with Crippen molar-refractivity contribution < 1.29 is 14.6 Å². The molecule has 3 atom stereocenters. The molecule has 0 radical (unpaired) electrons. The molecule has 1 saturated heterocycles. The van der Waals surface area contributed by atoms with E-state index < -0.39 is 0 Å². The van der Waals surface area contributed by atoms with E-state index in [-0.39, 0.29) is 12.2 Å². The Balaban J connectivity index is 1.45. The summed E-state index contributed by atoms with van der Waals surface area (Å²) in [5.74, 6) is 1.74. The molecule has 1 fully saturated rings. The number of para-hydroxylation sites is 1. The van der Waals surface area contributed by atoms with Crippen molar-refractivity contribution >= 4 is 11.8 Å². The van der Waals surface area contributed by atoms with Gasteiger partial charge in [-0.25, -0.2) is 0 Å². The summed E-state index contributed by atoms with van der Waals surface area (Å²) in [5, 5.41) is 10.3. The van der Waals surface area contributed by atoms with E-state index >= 15 is 0 Å². The SMILES string of the molecule is OC(CCCC1CCCO1)C1CSc2ccccc2O1. The second kappa shape index (κ2) is 6.83. The molecule has 3 nitrogen and oxygen atoms in total. The van der Waals surface area contributed by atoms with Crippen molar-refractivity contribution in [2.45, 2.75) is 55.3 Å². The average molecular weight is 294 g/mol. The van der Waals surface area contributed by atoms with Crippen LogP contribution in [-0.2, 0) is 4.74 Å². The molecule has 0 amide bonds. The van der Waals surface area contributed by atoms with Gasteiger partial charge in [-0.1, -0.05) is 12.1 Å². The summed E-state index contributed by atoms with van der Waals surface area (Å²) in [7, 11) is 0. The number of benzene rings is 1. The summed E-state index contributed by atoms with van der Waals surface area (Å²) in [6.45, 7) is 0.909. The Morgan fingerprint density at radius 2 is 2.25 bits per heavy atom. The molecule has 4 heteroatoms. The van der Waals surface area contributed by atoms with Gasteiger partial charge < -0.3 is 14.6 Å². The van der Waals surface area contributed by atoms with Crippen molar-refractivity contribution in [3.05, 3.63) is 24.3 Å². The maximum absolute atomic E-state index is 10.3. The normalized spacial score (nSPS) is 26.9. The summed E-state index contributed by atoms with van der Waals surface area (Å²) in [4.78, 5) is 1.18. The Labute approximate surface area is 124 Å². The second-order valence-electron chi connectivity index (χ2n) is 5.55. The molecule has 0 bridgehead atoms. The molecule has 3 unspecified atom stereocenters. The van der Waals surface area contributed by atoms with Crippen molar-refractivity contribution in [1.82, 2.24) is 0 Å². The highest BCUT2D eigenvalue weighted by atomic mass is 32.2. The third kappa shape index (κ3) is 3.48. The average Bonchev–Trinajstić information content (AvgIpc) is 3.00. The van der Waals surface area contributed by atoms with E-state index in [1.54, 1.807) is 11.8 Å². The highest BCUT2D eigenvalue weighted by Crippen LogP contribution is 2.36. The predicted octanol–water partition coefficient (Wildman–Crippen LogP) is 3.25. The zero-order valence-corrected chi connectivity index (χ0v) is 12.5. The number of hydrogen-bond donors (Lipinski definition) is 1. The topological polar surface area (TPSA) is 38.7 Å². The number of ether oxygens (including phenoxy) is 2. The van der Waals surface area contributed by atoms with Crippen LogP contribution >= 0.6 is 11.8 Å². The lowest BCUT2D eigenvalue weighted by atomic mass is 10.0. The van der Waals surface area contributed by atoms with Gasteiger partial charge in [0, 0.05) is 17.3 Å². The summed E-state index contributed by atoms with van der Waals surface area (Å²) >= 11 is 1.77. The Kier molecular flexibility index (Phi) is 4.86. The molecule has 2 aliphatic rings. The van der Waals surface area contributed by atoms with E-state index in [1.165, 1.54) is 17.7 Å². The monoisotopic (exact) mass is 294 g/mol. The van der Waals surface area contributed by atoms with Crippen LogP contribution in [0.3, 0.4) is 0 Å². The summed E-state index contributed by atoms with van der Waals surface area (Å²) in [6, 6.07) is 8.05. The quantitative estimate of drug-likeness (QED) is 0.905. The predicted molar refractivity (Wildman–Crippen MR) is 80.4 cm³/mol. The number of aliphatic hydroxyl groups is 1. The molecule has 0 spiro atoms. The Morgan fingerprint density at radius 3 is 3.10 bits per heavy atom. The van der Waals surface area contributed by atoms with Crippen LogP contribution in [0.5, 0.6) is 5.75 Å². The minimum Gasteiger partial charge on any atom is -0.486 e. The molecular formula is C16H22O3S. The molecule has 110 valence electrons. The van der Waals surface area contributed by atoms with E-state index in [0.29, 0.717) is 6.10 Å². The smallest absolute Gasteiger partial charge is 0.134 e. The molecule has 0 saturated carbocycles. The van der Waals surface area contributed by atoms with E-state index in [4.69, 9.17) is 9.47 Å². The maximum Gasteiger partial charge on any atom is 0.134 e. The first kappa shape index (κ1) is 14.2. The van der Waals surface area contributed by atoms with Crippen molar-refractivity contribution in [3.8, 4) is 5.75 Å². The van der Waals surface area contributed by atoms with Crippen LogP contribution in [-0.4, -0.2) is 35.8 Å². The number of hydrogen-bond acceptors (Lipinski definition) is 4. The Bertz CT molecular complexity index is 431. The van der Waals surface area contributed by atoms with Crippen LogP contribution in [0, 0.1) is 0 Å². The van der Waals surface area contributed by atoms with Crippen LogP contribution in [0.15, 0.2) is 29.2 Å². The van der Waals surface area contributed by atoms with E-state index in [9.17, 15) is 5.11 Å². The molecule has 0 aromatic heterocycles. The number of fused-ring (bicyclic) bond motifs is 1. The lowest BCUT2D eigenvalue weighted by Gasteiger charge is -2.29. The lowest BCUT2D eigenvalue weighted by molar-refractivity contribution is 0.0345. The molecule has 1 N–H and O–H groups in total. The largest absolute Gasteiger partial charge is 0.486 e. The zero-order chi connectivity index (χ0) is 13.8. The molecule has 1 aromatic carbocycles. The minimum absolute atomic E-state index is 0.0839. The first-order valence-electron chi connectivity index (χ1n) is 7.51. The van der Waals surface area contributed by atoms with Crippen LogP contribution < -0.4 is 4.74 Å². The van der Waals surface area contributed by atoms with Crippen molar-refractivity contribution in [2.75, 3.05) is 12.4 Å². The second-order valence-corrected chi connectivity index (χ2v) is 6.61. The molecular weight excluding hydrogens is 272 g/mol. The number of rotatable bonds is 5. The van der Waals surface area contributed by atoms with Crippen molar-refractivity contribution in [2.24, 2.45) is 0 Å². The molecule has 3 rings (SSSR count). The molecule has 2 aliphatic heterocycles. The van der Waals surface area contributed by atoms with Crippen LogP contribution in [0.2, 0.25) is 0 Å². The minimum atomic E-state index is -0.378. The van der Waals surface area contributed by atoms with Crippen LogP contribution in [0.25, 0.3) is 0 Å². The fourth-order valence-electron chi connectivity index (χ4n) is 2.84. The summed E-state index contributed by atoms with van der Waals surface area (Å²) in [5.41, 5.74) is 0. The van der Waals surface area contributed by atoms with E-state index in [1.807, 2.05) is 18.2 Å². The van der Waals surface area contributed by atoms with Crippen molar-refractivity contribution in [1.29, 1.82) is 0 Å². The van der Waals surface area contributed by atoms with Gasteiger partial charge in [0.25, 0.3) is 0 Å². The lowest BCUT2D eigenvalue weighted by Crippen LogP contribution is -2.36. The standard InChI is InChI=1S/C16H22O3S/c17-13(7-3-5-12-6-4-10-18-12)15-11-20-16-9-2-1-8-14(16)19-15/h1-2,8-9,12-13,15,17H,3-7,10-11H2. The highest BCUT2D eigenvalue weighted by molar-refractivity contribution is 7.99. The third-order valence-electron chi connectivity index (χ3n) is 4.01. The number of aliphatic hydroxyl groups excluding tert-OH is 1. The van der Waals surface area contributed by atoms with Gasteiger partial charge in [-0.05, 0) is 44.2 Å². The van der Waals surface area contributed by atoms with Gasteiger partial charge in [-0.2, -0.15) is 0 Å². The van der Waals surface area contributed by atoms with E-state index in [0.717, 1.165) is 37.4 Å². The van der Waals surface area contributed by atoms with Crippen LogP contribution in [0.1, 0.15) is 32.1 Å². The van der Waals surface area contributed by atoms with Gasteiger partial charge in [-0.15, -0.1) is 11.8 Å². The van der Waals surface area contributed by atoms with Crippen molar-refractivity contribution in [3.63, 3.8) is 0 Å². The molecule has 2 heterocycles. The van der Waals surface area contributed by atoms with Gasteiger partial charge in [0.2, 0.25) is 0 Å². The first-order valence-corrected chi connectivity index (χ1v) is 8.49. The third-order valence-corrected chi connectivity index (χ3v) is 5.15. The van der Waals surface area contributed by atoms with Gasteiger partial charge >= 0.3 is 0 Å². The number of thioether (sulfide) groups is 1. The Hall–Kier alpha value is -0.710. The fraction of sp³-hybridized carbons (Fsp3) is 0.625. The summed E-state index contributed by atoms with van der Waals surface area (Å²) in [6.07, 6.45) is 5.20. The molecule has 20 heavy (non-hydrogen) atoms. The Morgan fingerprint density at radius 1 is 1.35 bits per heavy atom. The van der Waals surface area contributed by atoms with Gasteiger partial charge in [0.05, 0.1) is 12.2 Å². The fourth-order valence-corrected chi connectivity index (χ4v) is 3.91. The zero-order valence-electron chi connectivity index (χ0n) is 11.7. The van der Waals surface area contributed by atoms with Gasteiger partial charge in [0.15, 0.2) is 0 Å². The molecule has 0 aliphatic carbocycles. The first-order chi connectivity index (χ1) is 9.83. The molecule has 1 aromatic rings. The van der Waals surface area contributed by atoms with E-state index in [2.05, 4.69) is 6.07 Å². The highest BCUT2D eigenvalue weighted by Gasteiger charge is 2.26. The van der Waals surface area contributed by atoms with Gasteiger partial charge in [-0.3, -0.25) is 0 Å². The summed E-state index contributed by atoms with van der Waals surface area (Å²) < 4.78 is 11.5. The van der Waals surface area contributed by atoms with Crippen LogP contribution in [0.4, 0.5) is 0 Å². The maximum atomic E-state index is 10.3. The van der Waals surface area contributed by atoms with Gasteiger partial charge in [0.1, 0.15) is 11.9 Å².